The molecule has 0 aromatic carbocycles. The lowest BCUT2D eigenvalue weighted by molar-refractivity contribution is -0.134. The van der Waals surface area contributed by atoms with E-state index in [1.54, 1.807) is 12.1 Å². The maximum Gasteiger partial charge on any atom is 0.270 e. The zero-order valence-corrected chi connectivity index (χ0v) is 12.0. The highest BCUT2D eigenvalue weighted by Crippen LogP contribution is 2.29. The van der Waals surface area contributed by atoms with E-state index in [2.05, 4.69) is 15.6 Å². The third-order valence-electron chi connectivity index (χ3n) is 3.70. The first-order valence-corrected chi connectivity index (χ1v) is 7.35. The highest BCUT2D eigenvalue weighted by molar-refractivity contribution is 6.03. The number of rotatable bonds is 5. The SMILES string of the molecule is O=C1CCC(NC(=O)c2ccc(OCC3CC3)cn2)C(=O)N1. The summed E-state index contributed by atoms with van der Waals surface area (Å²) in [5.41, 5.74) is 0.212. The molecule has 1 aromatic heterocycles. The van der Waals surface area contributed by atoms with E-state index in [-0.39, 0.29) is 18.0 Å². The molecule has 3 rings (SSSR count). The van der Waals surface area contributed by atoms with Crippen molar-refractivity contribution in [3.63, 3.8) is 0 Å². The van der Waals surface area contributed by atoms with Crippen LogP contribution in [-0.4, -0.2) is 35.4 Å². The number of aromatic nitrogens is 1. The number of nitrogens with one attached hydrogen (secondary N) is 2. The second-order valence-electron chi connectivity index (χ2n) is 5.61. The largest absolute Gasteiger partial charge is 0.492 e. The number of hydrogen-bond donors (Lipinski definition) is 2. The molecule has 2 N–H and O–H groups in total. The molecule has 1 unspecified atom stereocenters. The molecular weight excluding hydrogens is 286 g/mol. The first kappa shape index (κ1) is 14.5. The quantitative estimate of drug-likeness (QED) is 0.768. The van der Waals surface area contributed by atoms with Crippen molar-refractivity contribution in [1.82, 2.24) is 15.6 Å². The van der Waals surface area contributed by atoms with Gasteiger partial charge in [-0.3, -0.25) is 19.7 Å². The maximum atomic E-state index is 12.0. The van der Waals surface area contributed by atoms with Crippen LogP contribution in [0.15, 0.2) is 18.3 Å². The Balaban J connectivity index is 1.54. The van der Waals surface area contributed by atoms with Crippen LogP contribution in [0, 0.1) is 5.92 Å². The van der Waals surface area contributed by atoms with Gasteiger partial charge in [0.25, 0.3) is 5.91 Å². The van der Waals surface area contributed by atoms with Gasteiger partial charge in [-0.1, -0.05) is 0 Å². The fourth-order valence-electron chi connectivity index (χ4n) is 2.16. The summed E-state index contributed by atoms with van der Waals surface area (Å²) in [5.74, 6) is 0.0444. The smallest absolute Gasteiger partial charge is 0.270 e. The van der Waals surface area contributed by atoms with Crippen LogP contribution in [0.5, 0.6) is 5.75 Å². The van der Waals surface area contributed by atoms with Crippen molar-refractivity contribution in [3.8, 4) is 5.75 Å². The van der Waals surface area contributed by atoms with Gasteiger partial charge in [0.2, 0.25) is 11.8 Å². The molecule has 1 atom stereocenters. The number of pyridine rings is 1. The fraction of sp³-hybridized carbons (Fsp3) is 0.467. The molecule has 7 heteroatoms. The van der Waals surface area contributed by atoms with Gasteiger partial charge in [-0.2, -0.15) is 0 Å². The predicted octanol–water partition coefficient (Wildman–Crippen LogP) is 0.405. The van der Waals surface area contributed by atoms with Gasteiger partial charge >= 0.3 is 0 Å². The molecule has 0 spiro atoms. The zero-order valence-electron chi connectivity index (χ0n) is 12.0. The van der Waals surface area contributed by atoms with Crippen molar-refractivity contribution in [2.45, 2.75) is 31.7 Å². The van der Waals surface area contributed by atoms with Gasteiger partial charge < -0.3 is 10.1 Å². The number of nitrogens with zero attached hydrogens (tertiary/aromatic N) is 1. The van der Waals surface area contributed by atoms with Crippen molar-refractivity contribution in [1.29, 1.82) is 0 Å². The van der Waals surface area contributed by atoms with Crippen molar-refractivity contribution >= 4 is 17.7 Å². The van der Waals surface area contributed by atoms with Crippen LogP contribution >= 0.6 is 0 Å². The molecule has 1 aliphatic heterocycles. The molecule has 2 heterocycles. The van der Waals surface area contributed by atoms with Crippen molar-refractivity contribution < 1.29 is 19.1 Å². The Morgan fingerprint density at radius 2 is 2.14 bits per heavy atom. The third kappa shape index (κ3) is 3.60. The second-order valence-corrected chi connectivity index (χ2v) is 5.61. The van der Waals surface area contributed by atoms with Crippen LogP contribution in [-0.2, 0) is 9.59 Å². The Morgan fingerprint density at radius 3 is 2.77 bits per heavy atom. The summed E-state index contributed by atoms with van der Waals surface area (Å²) in [6, 6.07) is 2.55. The van der Waals surface area contributed by atoms with Gasteiger partial charge in [-0.15, -0.1) is 0 Å². The van der Waals surface area contributed by atoms with E-state index in [9.17, 15) is 14.4 Å². The van der Waals surface area contributed by atoms with Crippen LogP contribution in [0.3, 0.4) is 0 Å². The number of amides is 3. The monoisotopic (exact) mass is 303 g/mol. The highest BCUT2D eigenvalue weighted by Gasteiger charge is 2.28. The number of hydrogen-bond acceptors (Lipinski definition) is 5. The third-order valence-corrected chi connectivity index (χ3v) is 3.70. The summed E-state index contributed by atoms with van der Waals surface area (Å²) < 4.78 is 5.55. The van der Waals surface area contributed by atoms with Crippen LogP contribution in [0.25, 0.3) is 0 Å². The van der Waals surface area contributed by atoms with Crippen LogP contribution in [0.1, 0.15) is 36.2 Å². The molecule has 1 saturated carbocycles. The second kappa shape index (κ2) is 6.13. The van der Waals surface area contributed by atoms with Gasteiger partial charge in [-0.25, -0.2) is 4.98 Å². The lowest BCUT2D eigenvalue weighted by atomic mass is 10.1. The zero-order chi connectivity index (χ0) is 15.5. The number of ether oxygens (including phenoxy) is 1. The van der Waals surface area contributed by atoms with E-state index in [0.717, 1.165) is 0 Å². The van der Waals surface area contributed by atoms with Gasteiger partial charge in [0.15, 0.2) is 0 Å². The molecular formula is C15H17N3O4. The van der Waals surface area contributed by atoms with Crippen molar-refractivity contribution in [3.05, 3.63) is 24.0 Å². The van der Waals surface area contributed by atoms with Gasteiger partial charge in [0.05, 0.1) is 12.8 Å². The summed E-state index contributed by atoms with van der Waals surface area (Å²) >= 11 is 0. The molecule has 0 bridgehead atoms. The normalized spacial score (nSPS) is 21.2. The number of piperidine rings is 1. The molecule has 1 aromatic rings. The van der Waals surface area contributed by atoms with Gasteiger partial charge in [0.1, 0.15) is 17.5 Å². The fourth-order valence-corrected chi connectivity index (χ4v) is 2.16. The van der Waals surface area contributed by atoms with Crippen LogP contribution in [0.2, 0.25) is 0 Å². The Morgan fingerprint density at radius 1 is 1.32 bits per heavy atom. The minimum atomic E-state index is -0.696. The molecule has 0 radical (unpaired) electrons. The molecule has 116 valence electrons. The summed E-state index contributed by atoms with van der Waals surface area (Å²) in [6.07, 6.45) is 4.44. The first-order valence-electron chi connectivity index (χ1n) is 7.35. The predicted molar refractivity (Wildman–Crippen MR) is 76.1 cm³/mol. The first-order chi connectivity index (χ1) is 10.6. The minimum Gasteiger partial charge on any atom is -0.492 e. The molecule has 3 amide bonds. The average Bonchev–Trinajstić information content (AvgIpc) is 3.33. The van der Waals surface area contributed by atoms with Crippen LogP contribution in [0.4, 0.5) is 0 Å². The van der Waals surface area contributed by atoms with Crippen LogP contribution < -0.4 is 15.4 Å². The summed E-state index contributed by atoms with van der Waals surface area (Å²) in [7, 11) is 0. The van der Waals surface area contributed by atoms with E-state index in [0.29, 0.717) is 24.7 Å². The lowest BCUT2D eigenvalue weighted by Gasteiger charge is -2.21. The minimum absolute atomic E-state index is 0.212. The number of imide groups is 1. The van der Waals surface area contributed by atoms with E-state index >= 15 is 0 Å². The molecule has 1 saturated heterocycles. The molecule has 7 nitrogen and oxygen atoms in total. The molecule has 2 fully saturated rings. The number of carbonyl (C=O) groups excluding carboxylic acids is 3. The lowest BCUT2D eigenvalue weighted by Crippen LogP contribution is -2.52. The average molecular weight is 303 g/mol. The van der Waals surface area contributed by atoms with E-state index in [1.807, 2.05) is 0 Å². The topological polar surface area (TPSA) is 97.4 Å². The highest BCUT2D eigenvalue weighted by atomic mass is 16.5. The molecule has 22 heavy (non-hydrogen) atoms. The van der Waals surface area contributed by atoms with E-state index < -0.39 is 17.9 Å². The summed E-state index contributed by atoms with van der Waals surface area (Å²) in [6.45, 7) is 0.684. The van der Waals surface area contributed by atoms with E-state index in [1.165, 1.54) is 19.0 Å². The standard InChI is InChI=1S/C15H17N3O4/c19-13-6-5-12(15(21)18-13)17-14(20)11-4-3-10(7-16-11)22-8-9-1-2-9/h3-4,7,9,12H,1-2,5-6,8H2,(H,17,20)(H,18,19,21). The Hall–Kier alpha value is -2.44. The Bertz CT molecular complexity index is 595. The Labute approximate surface area is 127 Å². The summed E-state index contributed by atoms with van der Waals surface area (Å²) in [4.78, 5) is 38.7. The molecule has 1 aliphatic carbocycles. The number of carbonyl (C=O) groups is 3. The van der Waals surface area contributed by atoms with Gasteiger partial charge in [-0.05, 0) is 37.3 Å². The van der Waals surface area contributed by atoms with Crippen molar-refractivity contribution in [2.75, 3.05) is 6.61 Å². The molecule has 2 aliphatic rings. The summed E-state index contributed by atoms with van der Waals surface area (Å²) in [5, 5.41) is 4.77. The van der Waals surface area contributed by atoms with Crippen molar-refractivity contribution in [2.24, 2.45) is 5.92 Å². The van der Waals surface area contributed by atoms with Gasteiger partial charge in [0, 0.05) is 6.42 Å². The maximum absolute atomic E-state index is 12.0. The Kier molecular flexibility index (Phi) is 4.04. The van der Waals surface area contributed by atoms with E-state index in [4.69, 9.17) is 4.74 Å².